The molecule has 5 nitrogen and oxygen atoms in total. The zero-order chi connectivity index (χ0) is 20.1. The highest BCUT2D eigenvalue weighted by Crippen LogP contribution is 2.37. The number of fused-ring (bicyclic) bond motifs is 1. The van der Waals surface area contributed by atoms with E-state index in [2.05, 4.69) is 39.5 Å². The van der Waals surface area contributed by atoms with E-state index in [1.165, 1.54) is 44.3 Å². The van der Waals surface area contributed by atoms with Crippen LogP contribution in [-0.2, 0) is 10.2 Å². The quantitative estimate of drug-likeness (QED) is 0.349. The van der Waals surface area contributed by atoms with Crippen LogP contribution in [0.15, 0.2) is 29.3 Å². The maximum atomic E-state index is 5.71. The van der Waals surface area contributed by atoms with Gasteiger partial charge in [0.25, 0.3) is 0 Å². The minimum absolute atomic E-state index is 0. The van der Waals surface area contributed by atoms with E-state index in [0.717, 1.165) is 56.1 Å². The van der Waals surface area contributed by atoms with Gasteiger partial charge in [0, 0.05) is 45.3 Å². The van der Waals surface area contributed by atoms with Crippen molar-refractivity contribution in [2.45, 2.75) is 50.9 Å². The van der Waals surface area contributed by atoms with Crippen LogP contribution in [0.2, 0.25) is 0 Å². The molecule has 2 aliphatic heterocycles. The highest BCUT2D eigenvalue weighted by Gasteiger charge is 2.38. The Balaban J connectivity index is 0.00000256. The van der Waals surface area contributed by atoms with Crippen LogP contribution in [0, 0.1) is 11.8 Å². The lowest BCUT2D eigenvalue weighted by atomic mass is 9.74. The van der Waals surface area contributed by atoms with Gasteiger partial charge in [-0.3, -0.25) is 4.99 Å². The number of likely N-dealkylation sites (tertiary alicyclic amines) is 1. The van der Waals surface area contributed by atoms with E-state index in [9.17, 15) is 0 Å². The molecule has 0 bridgehead atoms. The average molecular weight is 527 g/mol. The second-order valence-corrected chi connectivity index (χ2v) is 8.96. The van der Waals surface area contributed by atoms with Crippen molar-refractivity contribution < 1.29 is 9.47 Å². The SMILES string of the molecule is CCOc1ccc(C2(CNC(=NC)N3CC4CCCCC4C3)CCOCC2)cc1.I. The first kappa shape index (κ1) is 23.6. The Labute approximate surface area is 199 Å². The van der Waals surface area contributed by atoms with Crippen molar-refractivity contribution in [2.24, 2.45) is 16.8 Å². The fourth-order valence-corrected chi connectivity index (χ4v) is 5.56. The topological polar surface area (TPSA) is 46.1 Å². The van der Waals surface area contributed by atoms with Gasteiger partial charge in [-0.2, -0.15) is 0 Å². The lowest BCUT2D eigenvalue weighted by Crippen LogP contribution is -2.49. The van der Waals surface area contributed by atoms with E-state index < -0.39 is 0 Å². The highest BCUT2D eigenvalue weighted by atomic mass is 127. The molecule has 1 N–H and O–H groups in total. The molecule has 30 heavy (non-hydrogen) atoms. The third-order valence-electron chi connectivity index (χ3n) is 7.30. The van der Waals surface area contributed by atoms with Crippen molar-refractivity contribution in [2.75, 3.05) is 46.5 Å². The molecule has 2 heterocycles. The summed E-state index contributed by atoms with van der Waals surface area (Å²) in [6.45, 7) is 7.62. The molecular formula is C24H38IN3O2. The molecule has 0 amide bonds. The molecule has 1 aromatic rings. The molecule has 0 spiro atoms. The molecule has 4 rings (SSSR count). The number of nitrogens with one attached hydrogen (secondary N) is 1. The second-order valence-electron chi connectivity index (χ2n) is 8.96. The molecule has 1 saturated carbocycles. The summed E-state index contributed by atoms with van der Waals surface area (Å²) in [6, 6.07) is 8.70. The van der Waals surface area contributed by atoms with Gasteiger partial charge in [-0.05, 0) is 62.1 Å². The Bertz CT molecular complexity index is 674. The fourth-order valence-electron chi connectivity index (χ4n) is 5.56. The van der Waals surface area contributed by atoms with Gasteiger partial charge in [0.15, 0.2) is 5.96 Å². The molecule has 3 fully saturated rings. The number of guanidine groups is 1. The van der Waals surface area contributed by atoms with Crippen molar-refractivity contribution in [3.05, 3.63) is 29.8 Å². The zero-order valence-electron chi connectivity index (χ0n) is 18.6. The van der Waals surface area contributed by atoms with Crippen LogP contribution in [-0.4, -0.2) is 57.4 Å². The van der Waals surface area contributed by atoms with Gasteiger partial charge in [0.2, 0.25) is 0 Å². The first-order chi connectivity index (χ1) is 14.2. The van der Waals surface area contributed by atoms with E-state index in [0.29, 0.717) is 6.61 Å². The molecular weight excluding hydrogens is 489 g/mol. The van der Waals surface area contributed by atoms with E-state index in [-0.39, 0.29) is 29.4 Å². The number of ether oxygens (including phenoxy) is 2. The number of rotatable bonds is 5. The van der Waals surface area contributed by atoms with Gasteiger partial charge in [0.05, 0.1) is 6.61 Å². The Morgan fingerprint density at radius 3 is 2.33 bits per heavy atom. The number of hydrogen-bond acceptors (Lipinski definition) is 3. The summed E-state index contributed by atoms with van der Waals surface area (Å²) in [5, 5.41) is 3.76. The van der Waals surface area contributed by atoms with Crippen molar-refractivity contribution in [1.82, 2.24) is 10.2 Å². The second kappa shape index (κ2) is 11.0. The van der Waals surface area contributed by atoms with Crippen molar-refractivity contribution >= 4 is 29.9 Å². The van der Waals surface area contributed by atoms with Crippen LogP contribution in [0.5, 0.6) is 5.75 Å². The van der Waals surface area contributed by atoms with Gasteiger partial charge in [0.1, 0.15) is 5.75 Å². The Hall–Kier alpha value is -1.02. The molecule has 3 aliphatic rings. The lowest BCUT2D eigenvalue weighted by molar-refractivity contribution is 0.0512. The van der Waals surface area contributed by atoms with Gasteiger partial charge in [-0.25, -0.2) is 0 Å². The first-order valence-corrected chi connectivity index (χ1v) is 11.5. The summed E-state index contributed by atoms with van der Waals surface area (Å²) in [5.74, 6) is 3.76. The van der Waals surface area contributed by atoms with Crippen molar-refractivity contribution in [3.63, 3.8) is 0 Å². The number of hydrogen-bond donors (Lipinski definition) is 1. The van der Waals surface area contributed by atoms with Crippen molar-refractivity contribution in [1.29, 1.82) is 0 Å². The highest BCUT2D eigenvalue weighted by molar-refractivity contribution is 14.0. The van der Waals surface area contributed by atoms with Gasteiger partial charge >= 0.3 is 0 Å². The summed E-state index contributed by atoms with van der Waals surface area (Å²) >= 11 is 0. The van der Waals surface area contributed by atoms with Crippen molar-refractivity contribution in [3.8, 4) is 5.75 Å². The molecule has 2 atom stereocenters. The smallest absolute Gasteiger partial charge is 0.193 e. The van der Waals surface area contributed by atoms with Crippen LogP contribution in [0.1, 0.15) is 51.0 Å². The van der Waals surface area contributed by atoms with Gasteiger partial charge in [-0.15, -0.1) is 24.0 Å². The van der Waals surface area contributed by atoms with Crippen LogP contribution in [0.4, 0.5) is 0 Å². The van der Waals surface area contributed by atoms with E-state index in [4.69, 9.17) is 9.47 Å². The molecule has 0 aromatic heterocycles. The fraction of sp³-hybridized carbons (Fsp3) is 0.708. The minimum atomic E-state index is 0. The Morgan fingerprint density at radius 2 is 1.77 bits per heavy atom. The minimum Gasteiger partial charge on any atom is -0.494 e. The monoisotopic (exact) mass is 527 g/mol. The standard InChI is InChI=1S/C24H37N3O2.HI/c1-3-29-22-10-8-21(9-11-22)24(12-14-28-15-13-24)18-26-23(25-2)27-16-19-6-4-5-7-20(19)17-27;/h8-11,19-20H,3-7,12-18H2,1-2H3,(H,25,26);1H. The summed E-state index contributed by atoms with van der Waals surface area (Å²) in [6.07, 6.45) is 7.67. The number of nitrogens with zero attached hydrogens (tertiary/aromatic N) is 2. The lowest BCUT2D eigenvalue weighted by Gasteiger charge is -2.39. The normalized spacial score (nSPS) is 25.9. The zero-order valence-corrected chi connectivity index (χ0v) is 20.9. The largest absolute Gasteiger partial charge is 0.494 e. The molecule has 2 saturated heterocycles. The van der Waals surface area contributed by atoms with Crippen LogP contribution >= 0.6 is 24.0 Å². The van der Waals surface area contributed by atoms with E-state index >= 15 is 0 Å². The third-order valence-corrected chi connectivity index (χ3v) is 7.30. The summed E-state index contributed by atoms with van der Waals surface area (Å²) in [4.78, 5) is 7.16. The van der Waals surface area contributed by atoms with Crippen LogP contribution in [0.25, 0.3) is 0 Å². The number of halogens is 1. The predicted octanol–water partition coefficient (Wildman–Crippen LogP) is 4.45. The third kappa shape index (κ3) is 5.23. The Kier molecular flexibility index (Phi) is 8.69. The number of aliphatic imine (C=N–C) groups is 1. The molecule has 6 heteroatoms. The molecule has 1 aromatic carbocycles. The van der Waals surface area contributed by atoms with E-state index in [1.807, 2.05) is 14.0 Å². The molecule has 0 radical (unpaired) electrons. The summed E-state index contributed by atoms with van der Waals surface area (Å²) < 4.78 is 11.4. The number of benzene rings is 1. The molecule has 1 aliphatic carbocycles. The molecule has 2 unspecified atom stereocenters. The van der Waals surface area contributed by atoms with E-state index in [1.54, 1.807) is 0 Å². The summed E-state index contributed by atoms with van der Waals surface area (Å²) in [5.41, 5.74) is 1.47. The van der Waals surface area contributed by atoms with Crippen LogP contribution in [0.3, 0.4) is 0 Å². The maximum absolute atomic E-state index is 5.71. The summed E-state index contributed by atoms with van der Waals surface area (Å²) in [7, 11) is 1.93. The average Bonchev–Trinajstić information content (AvgIpc) is 3.19. The molecule has 168 valence electrons. The predicted molar refractivity (Wildman–Crippen MR) is 133 cm³/mol. The maximum Gasteiger partial charge on any atom is 0.193 e. The van der Waals surface area contributed by atoms with Crippen LogP contribution < -0.4 is 10.1 Å². The first-order valence-electron chi connectivity index (χ1n) is 11.5. The van der Waals surface area contributed by atoms with Gasteiger partial charge < -0.3 is 19.7 Å². The Morgan fingerprint density at radius 1 is 1.13 bits per heavy atom. The van der Waals surface area contributed by atoms with Gasteiger partial charge in [-0.1, -0.05) is 25.0 Å².